The molecule has 2 aromatic carbocycles. The second-order valence-electron chi connectivity index (χ2n) is 7.93. The molecular formula is C26H27N5O5S. The third-order valence-corrected chi connectivity index (χ3v) is 6.31. The SMILES string of the molecule is CCc1ccc(OC)c(SNc2noc3cc(Cn4cc(CNC(=O)C#CCO)cn4)cc(OC)c23)c1. The molecule has 0 bridgehead atoms. The van der Waals surface area contributed by atoms with Crippen LogP contribution in [0.15, 0.2) is 52.1 Å². The van der Waals surface area contributed by atoms with E-state index in [0.717, 1.165) is 33.6 Å². The Balaban J connectivity index is 1.48. The Bertz CT molecular complexity index is 1450. The van der Waals surface area contributed by atoms with Crippen molar-refractivity contribution in [2.45, 2.75) is 31.3 Å². The molecule has 11 heteroatoms. The number of hydrogen-bond donors (Lipinski definition) is 3. The van der Waals surface area contributed by atoms with Gasteiger partial charge in [-0.05, 0) is 59.7 Å². The van der Waals surface area contributed by atoms with Crippen molar-refractivity contribution in [1.29, 1.82) is 0 Å². The summed E-state index contributed by atoms with van der Waals surface area (Å²) in [5, 5.41) is 20.6. The maximum absolute atomic E-state index is 11.6. The van der Waals surface area contributed by atoms with Crippen molar-refractivity contribution < 1.29 is 23.9 Å². The normalized spacial score (nSPS) is 10.6. The summed E-state index contributed by atoms with van der Waals surface area (Å²) >= 11 is 1.40. The molecule has 0 unspecified atom stereocenters. The maximum atomic E-state index is 11.6. The third-order valence-electron chi connectivity index (χ3n) is 5.48. The van der Waals surface area contributed by atoms with Crippen molar-refractivity contribution in [2.75, 3.05) is 25.5 Å². The van der Waals surface area contributed by atoms with Crippen LogP contribution < -0.4 is 19.5 Å². The van der Waals surface area contributed by atoms with Gasteiger partial charge in [0.15, 0.2) is 11.4 Å². The Morgan fingerprint density at radius 3 is 2.76 bits per heavy atom. The van der Waals surface area contributed by atoms with Crippen LogP contribution in [-0.2, 0) is 24.3 Å². The Labute approximate surface area is 218 Å². The van der Waals surface area contributed by atoms with Gasteiger partial charge in [0.2, 0.25) is 0 Å². The highest BCUT2D eigenvalue weighted by Crippen LogP contribution is 2.37. The highest BCUT2D eigenvalue weighted by molar-refractivity contribution is 8.00. The number of nitrogens with zero attached hydrogens (tertiary/aromatic N) is 3. The molecule has 0 aliphatic heterocycles. The first kappa shape index (κ1) is 25.9. The largest absolute Gasteiger partial charge is 0.496 e. The van der Waals surface area contributed by atoms with Crippen LogP contribution in [0.5, 0.6) is 11.5 Å². The number of methoxy groups -OCH3 is 2. The number of aryl methyl sites for hydroxylation is 1. The van der Waals surface area contributed by atoms with Gasteiger partial charge in [0.1, 0.15) is 23.5 Å². The highest BCUT2D eigenvalue weighted by atomic mass is 32.2. The number of rotatable bonds is 10. The predicted octanol–water partition coefficient (Wildman–Crippen LogP) is 3.38. The number of carbonyl (C=O) groups excluding carboxylic acids is 1. The smallest absolute Gasteiger partial charge is 0.296 e. The Morgan fingerprint density at radius 1 is 1.16 bits per heavy atom. The lowest BCUT2D eigenvalue weighted by molar-refractivity contribution is -0.115. The van der Waals surface area contributed by atoms with Crippen molar-refractivity contribution in [3.63, 3.8) is 0 Å². The number of fused-ring (bicyclic) bond motifs is 1. The van der Waals surface area contributed by atoms with Crippen LogP contribution in [0, 0.1) is 11.8 Å². The molecule has 0 saturated heterocycles. The van der Waals surface area contributed by atoms with Gasteiger partial charge >= 0.3 is 0 Å². The zero-order valence-corrected chi connectivity index (χ0v) is 21.5. The highest BCUT2D eigenvalue weighted by Gasteiger charge is 2.17. The topological polar surface area (TPSA) is 124 Å². The molecule has 0 aliphatic carbocycles. The van der Waals surface area contributed by atoms with Gasteiger partial charge in [0.25, 0.3) is 5.91 Å². The molecule has 10 nitrogen and oxygen atoms in total. The molecule has 0 saturated carbocycles. The van der Waals surface area contributed by atoms with Crippen molar-refractivity contribution in [3.8, 4) is 23.3 Å². The standard InChI is InChI=1S/C26H27N5O5S/c1-4-17-7-8-20(34-2)23(12-17)37-30-26-25-21(35-3)10-18(11-22(25)36-29-26)15-31-16-19(14-28-31)13-27-24(33)6-5-9-32/h7-8,10-12,14,16,32H,4,9,13,15H2,1-3H3,(H,27,33)(H,29,30). The van der Waals surface area contributed by atoms with E-state index in [2.05, 4.69) is 45.1 Å². The predicted molar refractivity (Wildman–Crippen MR) is 140 cm³/mol. The summed E-state index contributed by atoms with van der Waals surface area (Å²) in [5.74, 6) is 6.08. The molecule has 2 aromatic heterocycles. The molecule has 192 valence electrons. The molecule has 0 radical (unpaired) electrons. The molecule has 2 heterocycles. The minimum absolute atomic E-state index is 0.280. The first-order valence-electron chi connectivity index (χ1n) is 11.5. The van der Waals surface area contributed by atoms with E-state index in [9.17, 15) is 4.79 Å². The van der Waals surface area contributed by atoms with Gasteiger partial charge in [0, 0.05) is 18.3 Å². The van der Waals surface area contributed by atoms with Gasteiger partial charge in [-0.25, -0.2) is 0 Å². The van der Waals surface area contributed by atoms with Crippen LogP contribution in [-0.4, -0.2) is 46.8 Å². The fourth-order valence-corrected chi connectivity index (χ4v) is 4.46. The minimum atomic E-state index is -0.457. The van der Waals surface area contributed by atoms with Crippen LogP contribution in [0.2, 0.25) is 0 Å². The number of benzene rings is 2. The number of aliphatic hydroxyl groups excluding tert-OH is 1. The zero-order valence-electron chi connectivity index (χ0n) is 20.7. The summed E-state index contributed by atoms with van der Waals surface area (Å²) in [7, 11) is 3.25. The number of carbonyl (C=O) groups is 1. The second kappa shape index (κ2) is 12.2. The van der Waals surface area contributed by atoms with E-state index >= 15 is 0 Å². The average molecular weight is 522 g/mol. The zero-order chi connectivity index (χ0) is 26.2. The summed E-state index contributed by atoms with van der Waals surface area (Å²) in [6, 6.07) is 9.90. The average Bonchev–Trinajstić information content (AvgIpc) is 3.55. The van der Waals surface area contributed by atoms with Gasteiger partial charge in [-0.15, -0.1) is 0 Å². The molecule has 0 fully saturated rings. The lowest BCUT2D eigenvalue weighted by atomic mass is 10.1. The van der Waals surface area contributed by atoms with Crippen molar-refractivity contribution >= 4 is 34.6 Å². The van der Waals surface area contributed by atoms with E-state index in [1.54, 1.807) is 25.1 Å². The lowest BCUT2D eigenvalue weighted by Crippen LogP contribution is -2.20. The Kier molecular flexibility index (Phi) is 8.56. The minimum Gasteiger partial charge on any atom is -0.496 e. The number of anilines is 1. The summed E-state index contributed by atoms with van der Waals surface area (Å²) in [5.41, 5.74) is 3.51. The van der Waals surface area contributed by atoms with Gasteiger partial charge < -0.3 is 29.1 Å². The van der Waals surface area contributed by atoms with Crippen LogP contribution in [0.3, 0.4) is 0 Å². The molecule has 0 spiro atoms. The second-order valence-corrected chi connectivity index (χ2v) is 8.78. The van der Waals surface area contributed by atoms with Gasteiger partial charge in [-0.3, -0.25) is 9.48 Å². The lowest BCUT2D eigenvalue weighted by Gasteiger charge is -2.11. The van der Waals surface area contributed by atoms with Crippen LogP contribution in [0.1, 0.15) is 23.6 Å². The van der Waals surface area contributed by atoms with E-state index in [4.69, 9.17) is 19.1 Å². The van der Waals surface area contributed by atoms with Crippen LogP contribution >= 0.6 is 11.9 Å². The van der Waals surface area contributed by atoms with Crippen molar-refractivity contribution in [1.82, 2.24) is 20.3 Å². The van der Waals surface area contributed by atoms with Gasteiger partial charge in [0.05, 0.1) is 31.9 Å². The summed E-state index contributed by atoms with van der Waals surface area (Å²) in [6.07, 6.45) is 4.43. The molecule has 3 N–H and O–H groups in total. The fourth-order valence-electron chi connectivity index (χ4n) is 3.65. The first-order chi connectivity index (χ1) is 18.0. The summed E-state index contributed by atoms with van der Waals surface area (Å²) in [6.45, 7) is 2.49. The number of ether oxygens (including phenoxy) is 2. The van der Waals surface area contributed by atoms with Gasteiger partial charge in [-0.2, -0.15) is 5.10 Å². The number of aromatic nitrogens is 3. The van der Waals surface area contributed by atoms with E-state index in [1.165, 1.54) is 17.5 Å². The van der Waals surface area contributed by atoms with Crippen LogP contribution in [0.4, 0.5) is 5.82 Å². The molecule has 37 heavy (non-hydrogen) atoms. The molecule has 0 atom stereocenters. The molecule has 0 aliphatic rings. The number of nitrogens with one attached hydrogen (secondary N) is 2. The maximum Gasteiger partial charge on any atom is 0.296 e. The van der Waals surface area contributed by atoms with Gasteiger partial charge in [-0.1, -0.05) is 24.1 Å². The quantitative estimate of drug-likeness (QED) is 0.213. The third kappa shape index (κ3) is 6.35. The molecule has 1 amide bonds. The summed E-state index contributed by atoms with van der Waals surface area (Å²) < 4.78 is 21.8. The summed E-state index contributed by atoms with van der Waals surface area (Å²) in [4.78, 5) is 12.5. The van der Waals surface area contributed by atoms with E-state index in [1.807, 2.05) is 30.5 Å². The van der Waals surface area contributed by atoms with Crippen LogP contribution in [0.25, 0.3) is 11.0 Å². The van der Waals surface area contributed by atoms with Crippen molar-refractivity contribution in [3.05, 3.63) is 59.4 Å². The van der Waals surface area contributed by atoms with Crippen molar-refractivity contribution in [2.24, 2.45) is 0 Å². The number of hydrogen-bond acceptors (Lipinski definition) is 9. The first-order valence-corrected chi connectivity index (χ1v) is 12.3. The fraction of sp³-hybridized carbons (Fsp3) is 0.269. The molecule has 4 aromatic rings. The Morgan fingerprint density at radius 2 is 2.00 bits per heavy atom. The Hall–Kier alpha value is -4.14. The van der Waals surface area contributed by atoms with E-state index in [0.29, 0.717) is 23.7 Å². The monoisotopic (exact) mass is 521 g/mol. The molecule has 4 rings (SSSR count). The number of aliphatic hydroxyl groups is 1. The number of amides is 1. The van der Waals surface area contributed by atoms with E-state index in [-0.39, 0.29) is 13.2 Å². The van der Waals surface area contributed by atoms with E-state index < -0.39 is 5.91 Å². The molecular weight excluding hydrogens is 494 g/mol.